The van der Waals surface area contributed by atoms with Crippen LogP contribution in [0.5, 0.6) is 0 Å². The molecule has 2 aliphatic heterocycles. The molecule has 0 aliphatic carbocycles. The maximum Gasteiger partial charge on any atom is 0.0565 e. The van der Waals surface area contributed by atoms with Gasteiger partial charge < -0.3 is 10.2 Å². The van der Waals surface area contributed by atoms with E-state index in [1.54, 1.807) is 0 Å². The quantitative estimate of drug-likeness (QED) is 0.664. The first-order valence-corrected chi connectivity index (χ1v) is 8.66. The van der Waals surface area contributed by atoms with Crippen molar-refractivity contribution >= 4 is 53.5 Å². The van der Waals surface area contributed by atoms with Crippen LogP contribution in [0.1, 0.15) is 18.9 Å². The molecule has 1 fully saturated rings. The minimum Gasteiger partial charge on any atom is -0.362 e. The Hall–Kier alpha value is 0.420. The van der Waals surface area contributed by atoms with Gasteiger partial charge in [0, 0.05) is 34.1 Å². The highest BCUT2D eigenvalue weighted by Crippen LogP contribution is 2.47. The summed E-state index contributed by atoms with van der Waals surface area (Å²) in [5.41, 5.74) is 2.84. The van der Waals surface area contributed by atoms with E-state index in [4.69, 9.17) is 0 Å². The Labute approximate surface area is 133 Å². The molecule has 0 radical (unpaired) electrons. The molecule has 0 aromatic heterocycles. The summed E-state index contributed by atoms with van der Waals surface area (Å²) >= 11 is 11.0. The number of rotatable bonds is 1. The van der Waals surface area contributed by atoms with Crippen molar-refractivity contribution in [1.29, 1.82) is 0 Å². The number of hydrogen-bond acceptors (Lipinski definition) is 2. The van der Waals surface area contributed by atoms with Gasteiger partial charge in [-0.2, -0.15) is 0 Å². The van der Waals surface area contributed by atoms with Crippen molar-refractivity contribution in [2.45, 2.75) is 31.8 Å². The van der Waals surface area contributed by atoms with Gasteiger partial charge in [-0.3, -0.25) is 0 Å². The summed E-state index contributed by atoms with van der Waals surface area (Å²) in [5.74, 6) is 0. The highest BCUT2D eigenvalue weighted by Gasteiger charge is 2.38. The van der Waals surface area contributed by atoms with Crippen molar-refractivity contribution in [2.75, 3.05) is 18.0 Å². The molecule has 2 aliphatic rings. The van der Waals surface area contributed by atoms with E-state index in [0.717, 1.165) is 28.5 Å². The number of nitrogens with zero attached hydrogens (tertiary/aromatic N) is 1. The molecule has 5 heteroatoms. The van der Waals surface area contributed by atoms with Gasteiger partial charge in [0.15, 0.2) is 0 Å². The average Bonchev–Trinajstić information content (AvgIpc) is 2.73. The lowest BCUT2D eigenvalue weighted by Crippen LogP contribution is -2.55. The summed E-state index contributed by atoms with van der Waals surface area (Å²) in [4.78, 5) is 2.62. The average molecular weight is 439 g/mol. The van der Waals surface area contributed by atoms with E-state index in [1.165, 1.54) is 22.1 Å². The van der Waals surface area contributed by atoms with E-state index in [0.29, 0.717) is 12.1 Å². The largest absolute Gasteiger partial charge is 0.362 e. The number of fused-ring (bicyclic) bond motifs is 3. The predicted molar refractivity (Wildman–Crippen MR) is 86.5 cm³/mol. The topological polar surface area (TPSA) is 15.3 Å². The van der Waals surface area contributed by atoms with Crippen molar-refractivity contribution in [3.63, 3.8) is 0 Å². The lowest BCUT2D eigenvalue weighted by Gasteiger charge is -2.40. The Morgan fingerprint density at radius 3 is 2.78 bits per heavy atom. The maximum absolute atomic E-state index is 3.76. The number of piperazine rings is 1. The molecular weight excluding hydrogens is 424 g/mol. The van der Waals surface area contributed by atoms with Crippen molar-refractivity contribution < 1.29 is 0 Å². The van der Waals surface area contributed by atoms with Gasteiger partial charge in [-0.1, -0.05) is 6.92 Å². The second-order valence-electron chi connectivity index (χ2n) is 4.98. The van der Waals surface area contributed by atoms with Gasteiger partial charge in [-0.25, -0.2) is 0 Å². The van der Waals surface area contributed by atoms with E-state index in [-0.39, 0.29) is 0 Å². The molecule has 2 heterocycles. The van der Waals surface area contributed by atoms with Crippen LogP contribution >= 0.6 is 47.8 Å². The SMILES string of the molecule is CCC1CNCC2Cc3cc(Br)c(Br)c(Br)c3N12. The first kappa shape index (κ1) is 13.4. The van der Waals surface area contributed by atoms with Crippen LogP contribution in [-0.4, -0.2) is 25.2 Å². The molecule has 1 aromatic rings. The van der Waals surface area contributed by atoms with Crippen molar-refractivity contribution in [3.05, 3.63) is 25.0 Å². The highest BCUT2D eigenvalue weighted by molar-refractivity contribution is 9.14. The predicted octanol–water partition coefficient (Wildman–Crippen LogP) is 4.09. The fourth-order valence-electron chi connectivity index (χ4n) is 3.11. The van der Waals surface area contributed by atoms with Crippen LogP contribution in [0.4, 0.5) is 5.69 Å². The number of nitrogens with one attached hydrogen (secondary N) is 1. The van der Waals surface area contributed by atoms with Crippen molar-refractivity contribution in [3.8, 4) is 0 Å². The third-order valence-corrected chi connectivity index (χ3v) is 7.23. The summed E-state index contributed by atoms with van der Waals surface area (Å²) in [6.07, 6.45) is 2.33. The zero-order chi connectivity index (χ0) is 12.9. The molecule has 2 nitrogen and oxygen atoms in total. The first-order valence-electron chi connectivity index (χ1n) is 6.29. The van der Waals surface area contributed by atoms with Gasteiger partial charge in [0.2, 0.25) is 0 Å². The van der Waals surface area contributed by atoms with Crippen LogP contribution in [0.3, 0.4) is 0 Å². The fourth-order valence-corrected chi connectivity index (χ4v) is 4.83. The molecule has 3 rings (SSSR count). The normalized spacial score (nSPS) is 26.1. The zero-order valence-electron chi connectivity index (χ0n) is 10.1. The van der Waals surface area contributed by atoms with E-state index in [9.17, 15) is 0 Å². The van der Waals surface area contributed by atoms with Crippen LogP contribution in [0.15, 0.2) is 19.5 Å². The summed E-state index contributed by atoms with van der Waals surface area (Å²) in [5, 5.41) is 3.56. The number of halogens is 3. The second-order valence-corrected chi connectivity index (χ2v) is 7.42. The monoisotopic (exact) mass is 436 g/mol. The Kier molecular flexibility index (Phi) is 3.78. The van der Waals surface area contributed by atoms with Gasteiger partial charge in [-0.05, 0) is 72.3 Å². The molecule has 1 saturated heterocycles. The molecule has 98 valence electrons. The molecule has 1 aromatic carbocycles. The molecule has 0 spiro atoms. The Morgan fingerprint density at radius 2 is 2.06 bits per heavy atom. The third-order valence-electron chi connectivity index (χ3n) is 3.95. The number of benzene rings is 1. The van der Waals surface area contributed by atoms with Crippen LogP contribution in [-0.2, 0) is 6.42 Å². The molecule has 18 heavy (non-hydrogen) atoms. The van der Waals surface area contributed by atoms with Crippen LogP contribution < -0.4 is 10.2 Å². The molecule has 0 saturated carbocycles. The standard InChI is InChI=1S/C13H15Br3N2/c1-2-8-5-17-6-9-3-7-4-10(14)11(15)12(16)13(7)18(8)9/h4,8-9,17H,2-3,5-6H2,1H3. The maximum atomic E-state index is 3.76. The summed E-state index contributed by atoms with van der Waals surface area (Å²) in [6.45, 7) is 4.45. The van der Waals surface area contributed by atoms with Crippen molar-refractivity contribution in [1.82, 2.24) is 5.32 Å². The van der Waals surface area contributed by atoms with Gasteiger partial charge in [0.1, 0.15) is 0 Å². The Morgan fingerprint density at radius 1 is 1.28 bits per heavy atom. The zero-order valence-corrected chi connectivity index (χ0v) is 14.9. The van der Waals surface area contributed by atoms with E-state index in [2.05, 4.69) is 71.0 Å². The molecule has 0 amide bonds. The second kappa shape index (κ2) is 5.08. The Bertz CT molecular complexity index is 490. The fraction of sp³-hybridized carbons (Fsp3) is 0.538. The van der Waals surface area contributed by atoms with E-state index >= 15 is 0 Å². The molecule has 2 unspecified atom stereocenters. The van der Waals surface area contributed by atoms with Gasteiger partial charge in [0.05, 0.1) is 10.2 Å². The molecule has 1 N–H and O–H groups in total. The van der Waals surface area contributed by atoms with Crippen LogP contribution in [0.25, 0.3) is 0 Å². The van der Waals surface area contributed by atoms with Gasteiger partial charge >= 0.3 is 0 Å². The summed E-state index contributed by atoms with van der Waals surface area (Å²) in [7, 11) is 0. The first-order chi connectivity index (χ1) is 8.63. The minimum absolute atomic E-state index is 0.606. The van der Waals surface area contributed by atoms with Crippen LogP contribution in [0.2, 0.25) is 0 Å². The van der Waals surface area contributed by atoms with E-state index in [1.807, 2.05) is 0 Å². The highest BCUT2D eigenvalue weighted by atomic mass is 79.9. The van der Waals surface area contributed by atoms with Gasteiger partial charge in [0.25, 0.3) is 0 Å². The number of anilines is 1. The molecule has 2 atom stereocenters. The molecular formula is C13H15Br3N2. The summed E-state index contributed by atoms with van der Waals surface area (Å²) < 4.78 is 3.44. The Balaban J connectivity index is 2.12. The van der Waals surface area contributed by atoms with Gasteiger partial charge in [-0.15, -0.1) is 0 Å². The van der Waals surface area contributed by atoms with E-state index < -0.39 is 0 Å². The third kappa shape index (κ3) is 1.98. The smallest absolute Gasteiger partial charge is 0.0565 e. The molecule has 0 bridgehead atoms. The van der Waals surface area contributed by atoms with Crippen molar-refractivity contribution in [2.24, 2.45) is 0 Å². The lowest BCUT2D eigenvalue weighted by atomic mass is 10.1. The van der Waals surface area contributed by atoms with Crippen LogP contribution in [0, 0.1) is 0 Å². The minimum atomic E-state index is 0.606. The number of hydrogen-bond donors (Lipinski definition) is 1. The summed E-state index contributed by atoms with van der Waals surface area (Å²) in [6, 6.07) is 3.47. The lowest BCUT2D eigenvalue weighted by molar-refractivity contribution is 0.405.